The average Bonchev–Trinajstić information content (AvgIpc) is 2.55. The summed E-state index contributed by atoms with van der Waals surface area (Å²) in [6, 6.07) is 15.2. The summed E-state index contributed by atoms with van der Waals surface area (Å²) in [5.41, 5.74) is 1.72. The second-order valence-electron chi connectivity index (χ2n) is 5.25. The summed E-state index contributed by atoms with van der Waals surface area (Å²) < 4.78 is 38.6. The van der Waals surface area contributed by atoms with Gasteiger partial charge in [0.2, 0.25) is 0 Å². The van der Waals surface area contributed by atoms with E-state index in [9.17, 15) is 13.2 Å². The summed E-state index contributed by atoms with van der Waals surface area (Å²) in [6.45, 7) is 0.638. The highest BCUT2D eigenvalue weighted by molar-refractivity contribution is 5.91. The number of halogens is 3. The van der Waals surface area contributed by atoms with Crippen molar-refractivity contribution in [2.45, 2.75) is 12.6 Å². The number of pyridine rings is 1. The van der Waals surface area contributed by atoms with Crippen molar-refractivity contribution < 1.29 is 13.2 Å². The minimum Gasteiger partial charge on any atom is -0.384 e. The number of alkyl halides is 3. The molecule has 3 rings (SSSR count). The number of aromatic nitrogens is 1. The van der Waals surface area contributed by atoms with Crippen LogP contribution in [0.25, 0.3) is 10.9 Å². The largest absolute Gasteiger partial charge is 0.416 e. The number of hydrogen-bond acceptors (Lipinski definition) is 2. The van der Waals surface area contributed by atoms with E-state index in [1.165, 1.54) is 11.6 Å². The third-order valence-corrected chi connectivity index (χ3v) is 3.64. The highest BCUT2D eigenvalue weighted by atomic mass is 19.4. The second-order valence-corrected chi connectivity index (χ2v) is 5.25. The number of hydrogen-bond donors (Lipinski definition) is 1. The SMILES string of the molecule is FC(F)(F)c1ccc2nccc(NCCc3ccccc3)c2c1. The van der Waals surface area contributed by atoms with Crippen LogP contribution in [0.2, 0.25) is 0 Å². The number of nitrogens with one attached hydrogen (secondary N) is 1. The molecule has 23 heavy (non-hydrogen) atoms. The number of benzene rings is 2. The van der Waals surface area contributed by atoms with Crippen molar-refractivity contribution in [3.63, 3.8) is 0 Å². The topological polar surface area (TPSA) is 24.9 Å². The summed E-state index contributed by atoms with van der Waals surface area (Å²) in [4.78, 5) is 4.12. The van der Waals surface area contributed by atoms with Gasteiger partial charge in [-0.15, -0.1) is 0 Å². The molecule has 2 aromatic carbocycles. The van der Waals surface area contributed by atoms with Crippen molar-refractivity contribution in [2.24, 2.45) is 0 Å². The van der Waals surface area contributed by atoms with Gasteiger partial charge in [0.05, 0.1) is 11.1 Å². The number of nitrogens with zero attached hydrogens (tertiary/aromatic N) is 1. The maximum absolute atomic E-state index is 12.9. The third-order valence-electron chi connectivity index (χ3n) is 3.64. The van der Waals surface area contributed by atoms with Crippen LogP contribution in [0.15, 0.2) is 60.8 Å². The first-order valence-corrected chi connectivity index (χ1v) is 7.28. The maximum Gasteiger partial charge on any atom is 0.416 e. The van der Waals surface area contributed by atoms with E-state index in [4.69, 9.17) is 0 Å². The first-order valence-electron chi connectivity index (χ1n) is 7.28. The van der Waals surface area contributed by atoms with Gasteiger partial charge in [0, 0.05) is 23.8 Å². The predicted molar refractivity (Wildman–Crippen MR) is 85.4 cm³/mol. The second kappa shape index (κ2) is 6.28. The van der Waals surface area contributed by atoms with Crippen LogP contribution in [-0.2, 0) is 12.6 Å². The van der Waals surface area contributed by atoms with Crippen LogP contribution in [-0.4, -0.2) is 11.5 Å². The molecular weight excluding hydrogens is 301 g/mol. The van der Waals surface area contributed by atoms with Crippen LogP contribution >= 0.6 is 0 Å². The first kappa shape index (κ1) is 15.3. The van der Waals surface area contributed by atoms with Crippen molar-refractivity contribution in [1.82, 2.24) is 4.98 Å². The molecule has 0 saturated heterocycles. The minimum atomic E-state index is -4.36. The Bertz CT molecular complexity index is 798. The smallest absolute Gasteiger partial charge is 0.384 e. The summed E-state index contributed by atoms with van der Waals surface area (Å²) >= 11 is 0. The number of rotatable bonds is 4. The third kappa shape index (κ3) is 3.62. The summed E-state index contributed by atoms with van der Waals surface area (Å²) in [7, 11) is 0. The first-order chi connectivity index (χ1) is 11.0. The van der Waals surface area contributed by atoms with Crippen LogP contribution in [0, 0.1) is 0 Å². The molecule has 0 aliphatic rings. The number of anilines is 1. The molecule has 0 unspecified atom stereocenters. The molecule has 0 fully saturated rings. The predicted octanol–water partition coefficient (Wildman–Crippen LogP) is 4.91. The van der Waals surface area contributed by atoms with Crippen LogP contribution < -0.4 is 5.32 Å². The van der Waals surface area contributed by atoms with Crippen molar-refractivity contribution >= 4 is 16.6 Å². The lowest BCUT2D eigenvalue weighted by molar-refractivity contribution is -0.137. The Morgan fingerprint density at radius 3 is 2.48 bits per heavy atom. The van der Waals surface area contributed by atoms with Gasteiger partial charge in [-0.25, -0.2) is 0 Å². The molecule has 0 aliphatic carbocycles. The Balaban J connectivity index is 1.82. The van der Waals surface area contributed by atoms with Gasteiger partial charge in [-0.3, -0.25) is 4.98 Å². The molecular formula is C18H15F3N2. The van der Waals surface area contributed by atoms with Crippen LogP contribution in [0.3, 0.4) is 0 Å². The van der Waals surface area contributed by atoms with E-state index in [-0.39, 0.29) is 0 Å². The van der Waals surface area contributed by atoms with E-state index >= 15 is 0 Å². The summed E-state index contributed by atoms with van der Waals surface area (Å²) in [5, 5.41) is 3.69. The Labute approximate surface area is 132 Å². The van der Waals surface area contributed by atoms with Gasteiger partial charge >= 0.3 is 6.18 Å². The van der Waals surface area contributed by atoms with Gasteiger partial charge in [-0.1, -0.05) is 30.3 Å². The van der Waals surface area contributed by atoms with E-state index in [1.807, 2.05) is 30.3 Å². The van der Waals surface area contributed by atoms with Crippen LogP contribution in [0.1, 0.15) is 11.1 Å². The van der Waals surface area contributed by atoms with Crippen LogP contribution in [0.4, 0.5) is 18.9 Å². The lowest BCUT2D eigenvalue weighted by Gasteiger charge is -2.12. The normalized spacial score (nSPS) is 11.6. The molecule has 0 spiro atoms. The highest BCUT2D eigenvalue weighted by Gasteiger charge is 2.30. The molecule has 0 amide bonds. The van der Waals surface area contributed by atoms with Crippen molar-refractivity contribution in [2.75, 3.05) is 11.9 Å². The molecule has 0 aliphatic heterocycles. The molecule has 0 bridgehead atoms. The van der Waals surface area contributed by atoms with Gasteiger partial charge in [0.25, 0.3) is 0 Å². The minimum absolute atomic E-state index is 0.482. The molecule has 5 heteroatoms. The fourth-order valence-corrected chi connectivity index (χ4v) is 2.46. The molecule has 2 nitrogen and oxygen atoms in total. The number of fused-ring (bicyclic) bond motifs is 1. The van der Waals surface area contributed by atoms with E-state index < -0.39 is 11.7 Å². The van der Waals surface area contributed by atoms with E-state index in [1.54, 1.807) is 12.3 Å². The van der Waals surface area contributed by atoms with E-state index in [0.29, 0.717) is 23.1 Å². The Morgan fingerprint density at radius 2 is 1.74 bits per heavy atom. The average molecular weight is 316 g/mol. The monoisotopic (exact) mass is 316 g/mol. The lowest BCUT2D eigenvalue weighted by atomic mass is 10.1. The lowest BCUT2D eigenvalue weighted by Crippen LogP contribution is -2.07. The van der Waals surface area contributed by atoms with Gasteiger partial charge < -0.3 is 5.32 Å². The van der Waals surface area contributed by atoms with Gasteiger partial charge in [0.1, 0.15) is 0 Å². The van der Waals surface area contributed by atoms with Gasteiger partial charge in [0.15, 0.2) is 0 Å². The molecule has 0 saturated carbocycles. The van der Waals surface area contributed by atoms with Crippen LogP contribution in [0.5, 0.6) is 0 Å². The molecule has 1 N–H and O–H groups in total. The zero-order chi connectivity index (χ0) is 16.3. The molecule has 0 atom stereocenters. The molecule has 1 heterocycles. The van der Waals surface area contributed by atoms with Gasteiger partial charge in [-0.2, -0.15) is 13.2 Å². The Hall–Kier alpha value is -2.56. The summed E-state index contributed by atoms with van der Waals surface area (Å²) in [6.07, 6.45) is -1.96. The van der Waals surface area contributed by atoms with E-state index in [0.717, 1.165) is 18.6 Å². The zero-order valence-electron chi connectivity index (χ0n) is 12.3. The highest BCUT2D eigenvalue weighted by Crippen LogP contribution is 2.33. The Kier molecular flexibility index (Phi) is 4.19. The van der Waals surface area contributed by atoms with Crippen molar-refractivity contribution in [3.05, 3.63) is 71.9 Å². The molecule has 3 aromatic rings. The standard InChI is InChI=1S/C18H15F3N2/c19-18(20,21)14-6-7-16-15(12-14)17(9-11-23-16)22-10-8-13-4-2-1-3-5-13/h1-7,9,11-12H,8,10H2,(H,22,23). The zero-order valence-corrected chi connectivity index (χ0v) is 12.3. The molecule has 1 aromatic heterocycles. The van der Waals surface area contributed by atoms with Gasteiger partial charge in [-0.05, 0) is 36.2 Å². The summed E-state index contributed by atoms with van der Waals surface area (Å²) in [5.74, 6) is 0. The van der Waals surface area contributed by atoms with E-state index in [2.05, 4.69) is 10.3 Å². The van der Waals surface area contributed by atoms with Crippen molar-refractivity contribution in [3.8, 4) is 0 Å². The van der Waals surface area contributed by atoms with Crippen molar-refractivity contribution in [1.29, 1.82) is 0 Å². The Morgan fingerprint density at radius 1 is 0.957 bits per heavy atom. The fraction of sp³-hybridized carbons (Fsp3) is 0.167. The molecule has 0 radical (unpaired) electrons. The molecule has 118 valence electrons. The maximum atomic E-state index is 12.9. The fourth-order valence-electron chi connectivity index (χ4n) is 2.46. The quantitative estimate of drug-likeness (QED) is 0.740.